The molecule has 0 aliphatic rings. The highest BCUT2D eigenvalue weighted by molar-refractivity contribution is 5.97. The summed E-state index contributed by atoms with van der Waals surface area (Å²) in [5, 5.41) is 8.77. The molecule has 0 radical (unpaired) electrons. The molecule has 2 rings (SSSR count). The van der Waals surface area contributed by atoms with E-state index in [9.17, 15) is 9.59 Å². The van der Waals surface area contributed by atoms with Gasteiger partial charge in [-0.3, -0.25) is 9.69 Å². The van der Waals surface area contributed by atoms with Crippen molar-refractivity contribution in [1.82, 2.24) is 15.5 Å². The highest BCUT2D eigenvalue weighted by Gasteiger charge is 2.18. The third-order valence-electron chi connectivity index (χ3n) is 5.01. The standard InChI is InChI=1S/C25H36N4O2/c1-6-29(7-2)22(16-19-12-9-8-10-13-19)18-26-24(31)27-21-15-11-14-20(17-21)23(30)28-25(3,4)5/h8-15,17,22H,6-7,16,18H2,1-5H3,(H,28,30)(H2,26,27,31). The van der Waals surface area contributed by atoms with Crippen molar-refractivity contribution >= 4 is 17.6 Å². The van der Waals surface area contributed by atoms with E-state index in [1.165, 1.54) is 5.56 Å². The fourth-order valence-electron chi connectivity index (χ4n) is 3.49. The van der Waals surface area contributed by atoms with Crippen molar-refractivity contribution in [1.29, 1.82) is 0 Å². The number of nitrogens with zero attached hydrogens (tertiary/aromatic N) is 1. The number of urea groups is 1. The lowest BCUT2D eigenvalue weighted by Gasteiger charge is -2.30. The number of carbonyl (C=O) groups excluding carboxylic acids is 2. The Morgan fingerprint density at radius 3 is 2.26 bits per heavy atom. The van der Waals surface area contributed by atoms with E-state index in [-0.39, 0.29) is 23.5 Å². The van der Waals surface area contributed by atoms with Gasteiger partial charge in [-0.15, -0.1) is 0 Å². The minimum Gasteiger partial charge on any atom is -0.347 e. The molecule has 3 amide bonds. The molecule has 0 aliphatic carbocycles. The fraction of sp³-hybridized carbons (Fsp3) is 0.440. The van der Waals surface area contributed by atoms with Crippen LogP contribution in [0.2, 0.25) is 0 Å². The predicted molar refractivity (Wildman–Crippen MR) is 128 cm³/mol. The van der Waals surface area contributed by atoms with Gasteiger partial charge in [-0.1, -0.05) is 50.2 Å². The Morgan fingerprint density at radius 2 is 1.65 bits per heavy atom. The Kier molecular flexibility index (Phi) is 9.06. The summed E-state index contributed by atoms with van der Waals surface area (Å²) in [6.07, 6.45) is 0.866. The van der Waals surface area contributed by atoms with Gasteiger partial charge < -0.3 is 16.0 Å². The van der Waals surface area contributed by atoms with E-state index in [0.717, 1.165) is 19.5 Å². The predicted octanol–water partition coefficient (Wildman–Crippen LogP) is 4.29. The van der Waals surface area contributed by atoms with Gasteiger partial charge in [0.2, 0.25) is 0 Å². The van der Waals surface area contributed by atoms with Crippen LogP contribution in [0.25, 0.3) is 0 Å². The maximum absolute atomic E-state index is 12.5. The van der Waals surface area contributed by atoms with E-state index in [4.69, 9.17) is 0 Å². The summed E-state index contributed by atoms with van der Waals surface area (Å²) >= 11 is 0. The number of rotatable bonds is 9. The van der Waals surface area contributed by atoms with Crippen LogP contribution in [0.4, 0.5) is 10.5 Å². The lowest BCUT2D eigenvalue weighted by Crippen LogP contribution is -2.46. The lowest BCUT2D eigenvalue weighted by molar-refractivity contribution is 0.0919. The number of nitrogens with one attached hydrogen (secondary N) is 3. The molecule has 6 nitrogen and oxygen atoms in total. The Hall–Kier alpha value is -2.86. The van der Waals surface area contributed by atoms with Crippen LogP contribution < -0.4 is 16.0 Å². The van der Waals surface area contributed by atoms with Gasteiger partial charge in [0.15, 0.2) is 0 Å². The first-order valence-electron chi connectivity index (χ1n) is 11.0. The first kappa shape index (κ1) is 24.4. The first-order chi connectivity index (χ1) is 14.7. The van der Waals surface area contributed by atoms with Crippen molar-refractivity contribution < 1.29 is 9.59 Å². The molecule has 0 fully saturated rings. The second-order valence-corrected chi connectivity index (χ2v) is 8.68. The summed E-state index contributed by atoms with van der Waals surface area (Å²) in [6.45, 7) is 12.4. The van der Waals surface area contributed by atoms with Gasteiger partial charge in [-0.25, -0.2) is 4.79 Å². The zero-order chi connectivity index (χ0) is 22.9. The molecule has 0 saturated carbocycles. The average molecular weight is 425 g/mol. The molecule has 0 aliphatic heterocycles. The number of hydrogen-bond donors (Lipinski definition) is 3. The third kappa shape index (κ3) is 8.42. The van der Waals surface area contributed by atoms with E-state index >= 15 is 0 Å². The van der Waals surface area contributed by atoms with Crippen molar-refractivity contribution in [2.75, 3.05) is 25.0 Å². The van der Waals surface area contributed by atoms with E-state index < -0.39 is 0 Å². The SMILES string of the molecule is CCN(CC)C(CNC(=O)Nc1cccc(C(=O)NC(C)(C)C)c1)Cc1ccccc1. The molecule has 2 aromatic rings. The van der Waals surface area contributed by atoms with Crippen LogP contribution in [0.3, 0.4) is 0 Å². The number of anilines is 1. The molecule has 2 aromatic carbocycles. The zero-order valence-electron chi connectivity index (χ0n) is 19.4. The van der Waals surface area contributed by atoms with Crippen LogP contribution in [0.5, 0.6) is 0 Å². The third-order valence-corrected chi connectivity index (χ3v) is 5.01. The highest BCUT2D eigenvalue weighted by atomic mass is 16.2. The van der Waals surface area contributed by atoms with Crippen molar-refractivity contribution in [2.24, 2.45) is 0 Å². The van der Waals surface area contributed by atoms with Crippen molar-refractivity contribution in [3.63, 3.8) is 0 Å². The summed E-state index contributed by atoms with van der Waals surface area (Å²) in [4.78, 5) is 27.3. The molecule has 0 spiro atoms. The van der Waals surface area contributed by atoms with Gasteiger partial charge >= 0.3 is 6.03 Å². The normalized spacial score (nSPS) is 12.3. The van der Waals surface area contributed by atoms with E-state index in [0.29, 0.717) is 17.8 Å². The molecule has 6 heteroatoms. The molecule has 31 heavy (non-hydrogen) atoms. The van der Waals surface area contributed by atoms with Gasteiger partial charge in [-0.2, -0.15) is 0 Å². The number of amides is 3. The summed E-state index contributed by atoms with van der Waals surface area (Å²) in [6, 6.07) is 17.2. The van der Waals surface area contributed by atoms with Crippen molar-refractivity contribution in [2.45, 2.75) is 52.6 Å². The molecule has 3 N–H and O–H groups in total. The Labute approximate surface area is 186 Å². The Balaban J connectivity index is 1.98. The van der Waals surface area contributed by atoms with Gasteiger partial charge in [0.05, 0.1) is 0 Å². The molecule has 0 heterocycles. The first-order valence-corrected chi connectivity index (χ1v) is 11.0. The summed E-state index contributed by atoms with van der Waals surface area (Å²) < 4.78 is 0. The van der Waals surface area contributed by atoms with E-state index in [1.807, 2.05) is 39.0 Å². The number of carbonyl (C=O) groups is 2. The van der Waals surface area contributed by atoms with E-state index in [1.54, 1.807) is 24.3 Å². The maximum Gasteiger partial charge on any atom is 0.319 e. The van der Waals surface area contributed by atoms with Crippen LogP contribution in [0.1, 0.15) is 50.5 Å². The quantitative estimate of drug-likeness (QED) is 0.562. The van der Waals surface area contributed by atoms with Gasteiger partial charge in [0.1, 0.15) is 0 Å². The summed E-state index contributed by atoms with van der Waals surface area (Å²) in [7, 11) is 0. The van der Waals surface area contributed by atoms with Gasteiger partial charge in [0, 0.05) is 29.4 Å². The largest absolute Gasteiger partial charge is 0.347 e. The molecule has 168 valence electrons. The lowest BCUT2D eigenvalue weighted by atomic mass is 10.0. The monoisotopic (exact) mass is 424 g/mol. The molecule has 1 atom stereocenters. The number of hydrogen-bond acceptors (Lipinski definition) is 3. The minimum absolute atomic E-state index is 0.166. The smallest absolute Gasteiger partial charge is 0.319 e. The summed E-state index contributed by atoms with van der Waals surface area (Å²) in [5.74, 6) is -0.166. The molecular weight excluding hydrogens is 388 g/mol. The molecule has 0 aromatic heterocycles. The topological polar surface area (TPSA) is 73.5 Å². The zero-order valence-corrected chi connectivity index (χ0v) is 19.4. The van der Waals surface area contributed by atoms with Crippen LogP contribution in [-0.4, -0.2) is 48.1 Å². The Bertz CT molecular complexity index is 842. The van der Waals surface area contributed by atoms with Crippen LogP contribution >= 0.6 is 0 Å². The number of likely N-dealkylation sites (N-methyl/N-ethyl adjacent to an activating group) is 1. The van der Waals surface area contributed by atoms with Crippen LogP contribution in [0.15, 0.2) is 54.6 Å². The van der Waals surface area contributed by atoms with Crippen LogP contribution in [0, 0.1) is 0 Å². The second kappa shape index (κ2) is 11.5. The summed E-state index contributed by atoms with van der Waals surface area (Å²) in [5.41, 5.74) is 2.02. The van der Waals surface area contributed by atoms with Gasteiger partial charge in [0.25, 0.3) is 5.91 Å². The Morgan fingerprint density at radius 1 is 0.968 bits per heavy atom. The highest BCUT2D eigenvalue weighted by Crippen LogP contribution is 2.13. The van der Waals surface area contributed by atoms with Crippen molar-refractivity contribution in [3.8, 4) is 0 Å². The van der Waals surface area contributed by atoms with Crippen LogP contribution in [-0.2, 0) is 6.42 Å². The molecular formula is C25H36N4O2. The van der Waals surface area contributed by atoms with Gasteiger partial charge in [-0.05, 0) is 64.0 Å². The second-order valence-electron chi connectivity index (χ2n) is 8.68. The van der Waals surface area contributed by atoms with E-state index in [2.05, 4.69) is 46.8 Å². The molecule has 1 unspecified atom stereocenters. The molecule has 0 bridgehead atoms. The average Bonchev–Trinajstić information content (AvgIpc) is 2.72. The minimum atomic E-state index is -0.323. The van der Waals surface area contributed by atoms with Crippen molar-refractivity contribution in [3.05, 3.63) is 65.7 Å². The maximum atomic E-state index is 12.5. The molecule has 0 saturated heterocycles. The fourth-order valence-corrected chi connectivity index (χ4v) is 3.49. The number of benzene rings is 2.